The van der Waals surface area contributed by atoms with Gasteiger partial charge < -0.3 is 14.6 Å². The van der Waals surface area contributed by atoms with E-state index in [1.165, 1.54) is 6.33 Å². The van der Waals surface area contributed by atoms with Gasteiger partial charge in [-0.1, -0.05) is 5.16 Å². The summed E-state index contributed by atoms with van der Waals surface area (Å²) in [6.07, 6.45) is 6.30. The molecule has 1 atom stereocenters. The summed E-state index contributed by atoms with van der Waals surface area (Å²) in [5.74, 6) is 2.94. The van der Waals surface area contributed by atoms with Crippen LogP contribution in [0.2, 0.25) is 0 Å². The van der Waals surface area contributed by atoms with Gasteiger partial charge in [-0.25, -0.2) is 14.8 Å². The highest BCUT2D eigenvalue weighted by atomic mass is 16.5. The molecular weight excluding hydrogens is 408 g/mol. The highest BCUT2D eigenvalue weighted by molar-refractivity contribution is 5.98. The summed E-state index contributed by atoms with van der Waals surface area (Å²) in [5, 5.41) is 11.0. The van der Waals surface area contributed by atoms with Crippen LogP contribution < -0.4 is 15.4 Å². The van der Waals surface area contributed by atoms with Gasteiger partial charge in [-0.05, 0) is 50.5 Å². The fraction of sp³-hybridized carbons (Fsp3) is 0.304. The minimum atomic E-state index is -0.296. The van der Waals surface area contributed by atoms with Gasteiger partial charge in [0.1, 0.15) is 17.8 Å². The van der Waals surface area contributed by atoms with Crippen molar-refractivity contribution in [2.24, 2.45) is 0 Å². The minimum absolute atomic E-state index is 0.296. The molecule has 3 aromatic heterocycles. The molecule has 1 aliphatic heterocycles. The van der Waals surface area contributed by atoms with Crippen LogP contribution in [-0.4, -0.2) is 31.8 Å². The molecule has 2 N–H and O–H groups in total. The van der Waals surface area contributed by atoms with Gasteiger partial charge in [0.15, 0.2) is 5.82 Å². The van der Waals surface area contributed by atoms with E-state index in [4.69, 9.17) is 9.26 Å². The maximum atomic E-state index is 12.8. The lowest BCUT2D eigenvalue weighted by Crippen LogP contribution is -2.33. The third-order valence-corrected chi connectivity index (χ3v) is 5.96. The predicted octanol–water partition coefficient (Wildman–Crippen LogP) is 4.20. The Balaban J connectivity index is 1.23. The number of aromatic nitrogens is 4. The molecule has 0 bridgehead atoms. The Kier molecular flexibility index (Phi) is 4.43. The third kappa shape index (κ3) is 3.50. The van der Waals surface area contributed by atoms with Gasteiger partial charge in [-0.15, -0.1) is 0 Å². The fourth-order valence-corrected chi connectivity index (χ4v) is 4.08. The fourth-order valence-electron chi connectivity index (χ4n) is 4.08. The Hall–Kier alpha value is -3.72. The van der Waals surface area contributed by atoms with Gasteiger partial charge in [-0.2, -0.15) is 0 Å². The van der Waals surface area contributed by atoms with E-state index in [1.54, 1.807) is 16.8 Å². The molecule has 1 saturated carbocycles. The highest BCUT2D eigenvalue weighted by Crippen LogP contribution is 2.40. The molecule has 1 fully saturated rings. The van der Waals surface area contributed by atoms with Crippen LogP contribution >= 0.6 is 0 Å². The number of carbonyl (C=O) groups is 1. The number of hydrogen-bond acceptors (Lipinski definition) is 7. The third-order valence-electron chi connectivity index (χ3n) is 5.96. The molecule has 1 amide bonds. The quantitative estimate of drug-likeness (QED) is 0.499. The van der Waals surface area contributed by atoms with E-state index < -0.39 is 0 Å². The molecule has 6 rings (SSSR count). The predicted molar refractivity (Wildman–Crippen MR) is 117 cm³/mol. The number of amides is 1. The van der Waals surface area contributed by atoms with E-state index in [2.05, 4.69) is 32.7 Å². The van der Waals surface area contributed by atoms with Crippen molar-refractivity contribution in [3.05, 3.63) is 59.9 Å². The first kappa shape index (κ1) is 19.0. The summed E-state index contributed by atoms with van der Waals surface area (Å²) >= 11 is 0. The molecule has 0 unspecified atom stereocenters. The van der Waals surface area contributed by atoms with Crippen LogP contribution in [-0.2, 0) is 13.0 Å². The van der Waals surface area contributed by atoms with E-state index in [0.29, 0.717) is 36.0 Å². The molecule has 0 radical (unpaired) electrons. The summed E-state index contributed by atoms with van der Waals surface area (Å²) in [4.78, 5) is 21.5. The van der Waals surface area contributed by atoms with E-state index in [9.17, 15) is 4.79 Å². The molecule has 9 nitrogen and oxygen atoms in total. The van der Waals surface area contributed by atoms with Gasteiger partial charge in [0.25, 0.3) is 0 Å². The minimum Gasteiger partial charge on any atom is -0.439 e. The zero-order chi connectivity index (χ0) is 21.7. The van der Waals surface area contributed by atoms with Crippen molar-refractivity contribution < 1.29 is 14.1 Å². The number of rotatable bonds is 4. The van der Waals surface area contributed by atoms with E-state index in [0.717, 1.165) is 47.2 Å². The second kappa shape index (κ2) is 7.45. The molecule has 0 saturated heterocycles. The monoisotopic (exact) mass is 430 g/mol. The molecule has 9 heteroatoms. The standard InChI is InChI=1S/C23H22N6O3/c1-13-8-17-18(11-24-13)25-12-26-22(17)31-16-4-5-19-15(9-16)6-7-29(19)23(30)27-21-10-20(32-28-21)14-2-3-14/h4-7,9-10,12-14,24H,2-3,8,11H2,1H3,(H,27,28,30)/t13-/m1/s1. The number of nitrogens with one attached hydrogen (secondary N) is 2. The number of carbonyl (C=O) groups excluding carboxylic acids is 1. The normalized spacial score (nSPS) is 17.8. The Morgan fingerprint density at radius 3 is 3.03 bits per heavy atom. The second-order valence-corrected chi connectivity index (χ2v) is 8.42. The van der Waals surface area contributed by atoms with E-state index >= 15 is 0 Å². The van der Waals surface area contributed by atoms with Crippen molar-refractivity contribution in [1.82, 2.24) is 25.0 Å². The first-order chi connectivity index (χ1) is 15.6. The largest absolute Gasteiger partial charge is 0.439 e. The van der Waals surface area contributed by atoms with Crippen LogP contribution in [0.25, 0.3) is 10.9 Å². The summed E-state index contributed by atoms with van der Waals surface area (Å²) in [6.45, 7) is 2.84. The Morgan fingerprint density at radius 1 is 1.25 bits per heavy atom. The van der Waals surface area contributed by atoms with Crippen molar-refractivity contribution >= 4 is 22.8 Å². The summed E-state index contributed by atoms with van der Waals surface area (Å²) in [7, 11) is 0. The summed E-state index contributed by atoms with van der Waals surface area (Å²) in [6, 6.07) is 9.33. The molecule has 0 spiro atoms. The number of ether oxygens (including phenoxy) is 1. The van der Waals surface area contributed by atoms with Gasteiger partial charge in [0, 0.05) is 41.7 Å². The average Bonchev–Trinajstić information content (AvgIpc) is 3.39. The Bertz CT molecular complexity index is 1320. The molecule has 32 heavy (non-hydrogen) atoms. The molecular formula is C23H22N6O3. The molecule has 4 heterocycles. The number of benzene rings is 1. The van der Waals surface area contributed by atoms with Crippen molar-refractivity contribution in [2.45, 2.75) is 44.7 Å². The molecule has 162 valence electrons. The van der Waals surface area contributed by atoms with Crippen LogP contribution in [0.4, 0.5) is 10.6 Å². The Morgan fingerprint density at radius 2 is 2.16 bits per heavy atom. The number of hydrogen-bond donors (Lipinski definition) is 2. The average molecular weight is 430 g/mol. The summed E-state index contributed by atoms with van der Waals surface area (Å²) in [5.41, 5.74) is 2.77. The topological polar surface area (TPSA) is 107 Å². The van der Waals surface area contributed by atoms with Crippen LogP contribution in [0, 0.1) is 0 Å². The zero-order valence-corrected chi connectivity index (χ0v) is 17.5. The molecule has 1 aliphatic carbocycles. The smallest absolute Gasteiger partial charge is 0.331 e. The van der Waals surface area contributed by atoms with Gasteiger partial charge >= 0.3 is 6.03 Å². The van der Waals surface area contributed by atoms with Gasteiger partial charge in [0.2, 0.25) is 5.88 Å². The lowest BCUT2D eigenvalue weighted by Gasteiger charge is -2.23. The van der Waals surface area contributed by atoms with Crippen LogP contribution in [0.1, 0.15) is 42.7 Å². The zero-order valence-electron chi connectivity index (χ0n) is 17.5. The van der Waals surface area contributed by atoms with E-state index in [-0.39, 0.29) is 6.03 Å². The van der Waals surface area contributed by atoms with Gasteiger partial charge in [0.05, 0.1) is 11.2 Å². The lowest BCUT2D eigenvalue weighted by molar-refractivity contribution is 0.254. The van der Waals surface area contributed by atoms with Gasteiger partial charge in [-0.3, -0.25) is 9.88 Å². The summed E-state index contributed by atoms with van der Waals surface area (Å²) < 4.78 is 13.0. The highest BCUT2D eigenvalue weighted by Gasteiger charge is 2.28. The van der Waals surface area contributed by atoms with Crippen molar-refractivity contribution in [2.75, 3.05) is 5.32 Å². The number of anilines is 1. The van der Waals surface area contributed by atoms with Crippen molar-refractivity contribution in [1.29, 1.82) is 0 Å². The second-order valence-electron chi connectivity index (χ2n) is 8.42. The van der Waals surface area contributed by atoms with E-state index in [1.807, 2.05) is 24.3 Å². The van der Waals surface area contributed by atoms with Crippen LogP contribution in [0.15, 0.2) is 47.4 Å². The van der Waals surface area contributed by atoms with Crippen molar-refractivity contribution in [3.8, 4) is 11.6 Å². The Labute approximate surface area is 183 Å². The van der Waals surface area contributed by atoms with Crippen molar-refractivity contribution in [3.63, 3.8) is 0 Å². The lowest BCUT2D eigenvalue weighted by atomic mass is 10.0. The first-order valence-electron chi connectivity index (χ1n) is 10.8. The first-order valence-corrected chi connectivity index (χ1v) is 10.8. The number of fused-ring (bicyclic) bond motifs is 2. The maximum absolute atomic E-state index is 12.8. The molecule has 2 aliphatic rings. The van der Waals surface area contributed by atoms with Crippen LogP contribution in [0.5, 0.6) is 11.6 Å². The molecule has 4 aromatic rings. The number of nitrogens with zero attached hydrogens (tertiary/aromatic N) is 4. The SMILES string of the molecule is C[C@@H]1Cc2c(ncnc2Oc2ccc3c(ccn3C(=O)Nc3cc(C4CC4)on3)c2)CN1. The molecule has 1 aromatic carbocycles. The maximum Gasteiger partial charge on any atom is 0.331 e. The van der Waals surface area contributed by atoms with Crippen LogP contribution in [0.3, 0.4) is 0 Å².